The number of carbonyl (C=O) groups is 1. The maximum atomic E-state index is 11.5. The monoisotopic (exact) mass is 191 g/mol. The molecule has 0 saturated heterocycles. The molecule has 1 aliphatic heterocycles. The Morgan fingerprint density at radius 3 is 3.07 bits per heavy atom. The number of benzene rings is 1. The van der Waals surface area contributed by atoms with Gasteiger partial charge in [0.2, 0.25) is 0 Å². The van der Waals surface area contributed by atoms with Gasteiger partial charge in [-0.15, -0.1) is 0 Å². The van der Waals surface area contributed by atoms with Gasteiger partial charge in [0.25, 0.3) is 0 Å². The molecule has 1 aliphatic rings. The van der Waals surface area contributed by atoms with Crippen molar-refractivity contribution in [2.75, 3.05) is 19.0 Å². The lowest BCUT2D eigenvalue weighted by Gasteiger charge is -2.08. The molecule has 2 rings (SSSR count). The van der Waals surface area contributed by atoms with Crippen LogP contribution in [0, 0.1) is 0 Å². The summed E-state index contributed by atoms with van der Waals surface area (Å²) in [5.41, 5.74) is 2.28. The van der Waals surface area contributed by atoms with Gasteiger partial charge < -0.3 is 10.1 Å². The summed E-state index contributed by atoms with van der Waals surface area (Å²) in [6.45, 7) is 0.186. The molecule has 0 aromatic heterocycles. The van der Waals surface area contributed by atoms with Crippen LogP contribution in [0.25, 0.3) is 0 Å². The Balaban J connectivity index is 2.08. The van der Waals surface area contributed by atoms with Gasteiger partial charge >= 0.3 is 0 Å². The molecule has 1 aromatic rings. The average Bonchev–Trinajstić information content (AvgIpc) is 2.61. The first-order chi connectivity index (χ1) is 6.81. The number of fused-ring (bicyclic) bond motifs is 1. The summed E-state index contributed by atoms with van der Waals surface area (Å²) in [6.07, 6.45) is 0.776. The van der Waals surface area contributed by atoms with Crippen LogP contribution in [0.4, 0.5) is 5.69 Å². The van der Waals surface area contributed by atoms with Crippen molar-refractivity contribution in [3.63, 3.8) is 0 Å². The van der Waals surface area contributed by atoms with Gasteiger partial charge in [-0.3, -0.25) is 4.79 Å². The fraction of sp³-hybridized carbons (Fsp3) is 0.364. The van der Waals surface area contributed by atoms with Crippen molar-refractivity contribution >= 4 is 11.5 Å². The molecule has 0 amide bonds. The zero-order valence-electron chi connectivity index (χ0n) is 8.12. The highest BCUT2D eigenvalue weighted by Crippen LogP contribution is 2.25. The van der Waals surface area contributed by atoms with E-state index in [1.165, 1.54) is 5.56 Å². The number of carbonyl (C=O) groups excluding carboxylic acids is 1. The number of methoxy groups -OCH3 is 1. The number of rotatable bonds is 3. The molecule has 1 heterocycles. The summed E-state index contributed by atoms with van der Waals surface area (Å²) in [7, 11) is 1.54. The summed E-state index contributed by atoms with van der Waals surface area (Å²) in [6, 6.07) is 7.89. The van der Waals surface area contributed by atoms with Crippen LogP contribution >= 0.6 is 0 Å². The molecular weight excluding hydrogens is 178 g/mol. The first-order valence-corrected chi connectivity index (χ1v) is 4.67. The third-order valence-corrected chi connectivity index (χ3v) is 2.45. The second-order valence-corrected chi connectivity index (χ2v) is 3.46. The summed E-state index contributed by atoms with van der Waals surface area (Å²) in [4.78, 5) is 11.5. The van der Waals surface area contributed by atoms with Crippen LogP contribution in [-0.4, -0.2) is 25.5 Å². The van der Waals surface area contributed by atoms with Gasteiger partial charge in [-0.1, -0.05) is 18.2 Å². The molecule has 14 heavy (non-hydrogen) atoms. The van der Waals surface area contributed by atoms with E-state index in [2.05, 4.69) is 5.32 Å². The molecule has 1 atom stereocenters. The minimum absolute atomic E-state index is 0.104. The number of hydrogen-bond donors (Lipinski definition) is 1. The minimum Gasteiger partial charge on any atom is -0.377 e. The molecule has 0 fully saturated rings. The number of para-hydroxylation sites is 1. The normalized spacial score (nSPS) is 18.8. The van der Waals surface area contributed by atoms with Crippen molar-refractivity contribution < 1.29 is 9.53 Å². The molecule has 0 bridgehead atoms. The standard InChI is InChI=1S/C11H13NO2/c1-14-7-11(13)10-6-8-4-2-3-5-9(8)12-10/h2-5,10,12H,6-7H2,1H3. The Hall–Kier alpha value is -1.35. The van der Waals surface area contributed by atoms with E-state index in [-0.39, 0.29) is 18.4 Å². The Bertz CT molecular complexity index is 324. The van der Waals surface area contributed by atoms with E-state index >= 15 is 0 Å². The van der Waals surface area contributed by atoms with Gasteiger partial charge in [-0.25, -0.2) is 0 Å². The first kappa shape index (κ1) is 9.21. The van der Waals surface area contributed by atoms with Crippen molar-refractivity contribution in [3.05, 3.63) is 29.8 Å². The van der Waals surface area contributed by atoms with Crippen LogP contribution in [0.5, 0.6) is 0 Å². The predicted octanol–water partition coefficient (Wildman–Crippen LogP) is 1.24. The molecular formula is C11H13NO2. The highest BCUT2D eigenvalue weighted by atomic mass is 16.5. The van der Waals surface area contributed by atoms with Crippen molar-refractivity contribution in [2.24, 2.45) is 0 Å². The zero-order chi connectivity index (χ0) is 9.97. The van der Waals surface area contributed by atoms with Gasteiger partial charge in [0.05, 0.1) is 6.04 Å². The molecule has 0 saturated carbocycles. The maximum absolute atomic E-state index is 11.5. The van der Waals surface area contributed by atoms with E-state index < -0.39 is 0 Å². The average molecular weight is 191 g/mol. The molecule has 0 spiro atoms. The molecule has 1 aromatic carbocycles. The van der Waals surface area contributed by atoms with Crippen LogP contribution in [0.2, 0.25) is 0 Å². The Kier molecular flexibility index (Phi) is 2.50. The van der Waals surface area contributed by atoms with Gasteiger partial charge in [-0.2, -0.15) is 0 Å². The fourth-order valence-electron chi connectivity index (χ4n) is 1.73. The molecule has 0 aliphatic carbocycles. The van der Waals surface area contributed by atoms with Crippen molar-refractivity contribution in [3.8, 4) is 0 Å². The number of Topliss-reactive ketones (excluding diaryl/α,β-unsaturated/α-hetero) is 1. The molecule has 1 unspecified atom stereocenters. The first-order valence-electron chi connectivity index (χ1n) is 4.67. The number of ether oxygens (including phenoxy) is 1. The molecule has 1 N–H and O–H groups in total. The highest BCUT2D eigenvalue weighted by Gasteiger charge is 2.25. The SMILES string of the molecule is COCC(=O)C1Cc2ccccc2N1. The molecule has 3 nitrogen and oxygen atoms in total. The van der Waals surface area contributed by atoms with Crippen LogP contribution in [0.15, 0.2) is 24.3 Å². The van der Waals surface area contributed by atoms with E-state index in [0.29, 0.717) is 0 Å². The van der Waals surface area contributed by atoms with Gasteiger partial charge in [-0.05, 0) is 11.6 Å². The second kappa shape index (κ2) is 3.80. The smallest absolute Gasteiger partial charge is 0.180 e. The lowest BCUT2D eigenvalue weighted by molar-refractivity contribution is -0.123. The Labute approximate surface area is 83.1 Å². The number of hydrogen-bond acceptors (Lipinski definition) is 3. The van der Waals surface area contributed by atoms with E-state index in [4.69, 9.17) is 4.74 Å². The summed E-state index contributed by atoms with van der Waals surface area (Å²) in [5.74, 6) is 0.115. The van der Waals surface area contributed by atoms with E-state index in [1.807, 2.05) is 24.3 Å². The van der Waals surface area contributed by atoms with Gasteiger partial charge in [0.1, 0.15) is 6.61 Å². The van der Waals surface area contributed by atoms with Crippen LogP contribution in [-0.2, 0) is 16.0 Å². The lowest BCUT2D eigenvalue weighted by Crippen LogP contribution is -2.30. The molecule has 74 valence electrons. The fourth-order valence-corrected chi connectivity index (χ4v) is 1.73. The Morgan fingerprint density at radius 1 is 1.57 bits per heavy atom. The topological polar surface area (TPSA) is 38.3 Å². The number of anilines is 1. The summed E-state index contributed by atoms with van der Waals surface area (Å²) >= 11 is 0. The number of nitrogens with one attached hydrogen (secondary N) is 1. The van der Waals surface area contributed by atoms with Crippen LogP contribution in [0.1, 0.15) is 5.56 Å². The van der Waals surface area contributed by atoms with Crippen molar-refractivity contribution in [1.29, 1.82) is 0 Å². The highest BCUT2D eigenvalue weighted by molar-refractivity contribution is 5.90. The molecule has 3 heteroatoms. The molecule has 0 radical (unpaired) electrons. The zero-order valence-corrected chi connectivity index (χ0v) is 8.12. The quantitative estimate of drug-likeness (QED) is 0.781. The van der Waals surface area contributed by atoms with Crippen molar-refractivity contribution in [2.45, 2.75) is 12.5 Å². The van der Waals surface area contributed by atoms with Gasteiger partial charge in [0, 0.05) is 19.2 Å². The van der Waals surface area contributed by atoms with Crippen LogP contribution in [0.3, 0.4) is 0 Å². The summed E-state index contributed by atoms with van der Waals surface area (Å²) in [5, 5.41) is 3.19. The Morgan fingerprint density at radius 2 is 2.36 bits per heavy atom. The van der Waals surface area contributed by atoms with E-state index in [0.717, 1.165) is 12.1 Å². The maximum Gasteiger partial charge on any atom is 0.180 e. The summed E-state index contributed by atoms with van der Waals surface area (Å²) < 4.78 is 4.83. The van der Waals surface area contributed by atoms with E-state index in [9.17, 15) is 4.79 Å². The minimum atomic E-state index is -0.104. The van der Waals surface area contributed by atoms with Crippen molar-refractivity contribution in [1.82, 2.24) is 0 Å². The van der Waals surface area contributed by atoms with Crippen LogP contribution < -0.4 is 5.32 Å². The largest absolute Gasteiger partial charge is 0.377 e. The third kappa shape index (κ3) is 1.63. The lowest BCUT2D eigenvalue weighted by atomic mass is 10.1. The second-order valence-electron chi connectivity index (χ2n) is 3.46. The predicted molar refractivity (Wildman–Crippen MR) is 54.4 cm³/mol. The number of ketones is 1. The van der Waals surface area contributed by atoms with E-state index in [1.54, 1.807) is 7.11 Å². The third-order valence-electron chi connectivity index (χ3n) is 2.45. The van der Waals surface area contributed by atoms with Gasteiger partial charge in [0.15, 0.2) is 5.78 Å².